The number of thioether (sulfide) groups is 1. The Labute approximate surface area is 103 Å². The van der Waals surface area contributed by atoms with E-state index in [4.69, 9.17) is 5.11 Å². The number of aromatic nitrogens is 2. The smallest absolute Gasteiger partial charge is 0.326 e. The first kappa shape index (κ1) is 13.6. The van der Waals surface area contributed by atoms with E-state index in [1.165, 1.54) is 10.9 Å². The molecular formula is C10H15N3O3S. The number of aryl methyl sites for hydroxylation is 1. The van der Waals surface area contributed by atoms with E-state index in [2.05, 4.69) is 10.4 Å². The molecule has 0 spiro atoms. The zero-order valence-corrected chi connectivity index (χ0v) is 10.5. The molecule has 0 fully saturated rings. The predicted octanol–water partition coefficient (Wildman–Crippen LogP) is 0.356. The molecule has 0 saturated carbocycles. The Morgan fingerprint density at radius 2 is 2.35 bits per heavy atom. The Morgan fingerprint density at radius 3 is 2.82 bits per heavy atom. The zero-order valence-electron chi connectivity index (χ0n) is 9.71. The van der Waals surface area contributed by atoms with Crippen molar-refractivity contribution in [2.75, 3.05) is 12.0 Å². The normalized spacial score (nSPS) is 12.1. The third-order valence-electron chi connectivity index (χ3n) is 2.18. The average Bonchev–Trinajstić information content (AvgIpc) is 2.70. The van der Waals surface area contributed by atoms with Crippen LogP contribution in [0.2, 0.25) is 0 Å². The number of rotatable bonds is 6. The van der Waals surface area contributed by atoms with Gasteiger partial charge in [0.1, 0.15) is 6.04 Å². The molecule has 6 nitrogen and oxygen atoms in total. The fraction of sp³-hybridized carbons (Fsp3) is 0.500. The van der Waals surface area contributed by atoms with Gasteiger partial charge in [-0.3, -0.25) is 9.48 Å². The quantitative estimate of drug-likeness (QED) is 0.768. The number of nitrogens with zero attached hydrogens (tertiary/aromatic N) is 2. The monoisotopic (exact) mass is 257 g/mol. The molecule has 1 amide bonds. The van der Waals surface area contributed by atoms with Crippen molar-refractivity contribution < 1.29 is 14.7 Å². The number of carbonyl (C=O) groups excluding carboxylic acids is 1. The predicted molar refractivity (Wildman–Crippen MR) is 65.1 cm³/mol. The van der Waals surface area contributed by atoms with Gasteiger partial charge in [-0.05, 0) is 18.4 Å². The highest BCUT2D eigenvalue weighted by molar-refractivity contribution is 7.98. The van der Waals surface area contributed by atoms with E-state index in [1.54, 1.807) is 25.0 Å². The molecule has 0 aliphatic rings. The Hall–Kier alpha value is -1.50. The number of carboxylic acid groups (broad SMARTS) is 1. The number of carboxylic acids is 1. The van der Waals surface area contributed by atoms with Gasteiger partial charge in [-0.25, -0.2) is 4.79 Å². The summed E-state index contributed by atoms with van der Waals surface area (Å²) in [5.41, 5.74) is 0.364. The molecular weight excluding hydrogens is 242 g/mol. The van der Waals surface area contributed by atoms with Crippen molar-refractivity contribution in [1.82, 2.24) is 15.1 Å². The second kappa shape index (κ2) is 6.29. The van der Waals surface area contributed by atoms with Crippen LogP contribution in [0.4, 0.5) is 0 Å². The third-order valence-corrected chi connectivity index (χ3v) is 2.83. The van der Waals surface area contributed by atoms with Crippen molar-refractivity contribution >= 4 is 23.6 Å². The molecule has 1 rings (SSSR count). The highest BCUT2D eigenvalue weighted by Gasteiger charge is 2.20. The van der Waals surface area contributed by atoms with Gasteiger partial charge in [0, 0.05) is 13.2 Å². The first-order valence-electron chi connectivity index (χ1n) is 5.06. The van der Waals surface area contributed by atoms with Gasteiger partial charge in [-0.15, -0.1) is 0 Å². The minimum absolute atomic E-state index is 0.364. The van der Waals surface area contributed by atoms with Crippen molar-refractivity contribution in [3.05, 3.63) is 18.0 Å². The molecule has 0 aromatic carbocycles. The highest BCUT2D eigenvalue weighted by atomic mass is 32.2. The van der Waals surface area contributed by atoms with Crippen LogP contribution < -0.4 is 5.32 Å². The third kappa shape index (κ3) is 4.10. The molecule has 0 aliphatic carbocycles. The van der Waals surface area contributed by atoms with Crippen molar-refractivity contribution in [2.24, 2.45) is 7.05 Å². The maximum absolute atomic E-state index is 11.7. The second-order valence-electron chi connectivity index (χ2n) is 3.55. The van der Waals surface area contributed by atoms with E-state index >= 15 is 0 Å². The molecule has 17 heavy (non-hydrogen) atoms. The number of hydrogen-bond acceptors (Lipinski definition) is 4. The minimum atomic E-state index is -1.02. The van der Waals surface area contributed by atoms with Crippen molar-refractivity contribution in [2.45, 2.75) is 12.5 Å². The standard InChI is InChI=1S/C10H15N3O3S/c1-13-6-7(5-11-13)9(14)12-8(10(15)16)3-4-17-2/h5-6,8H,3-4H2,1-2H3,(H,12,14)(H,15,16)/t8-/m1/s1. The van der Waals surface area contributed by atoms with Gasteiger partial charge >= 0.3 is 5.97 Å². The SMILES string of the molecule is CSCC[C@@H](NC(=O)c1cnn(C)c1)C(=O)O. The maximum Gasteiger partial charge on any atom is 0.326 e. The molecule has 1 aromatic rings. The van der Waals surface area contributed by atoms with Gasteiger partial charge in [0.15, 0.2) is 0 Å². The van der Waals surface area contributed by atoms with Gasteiger partial charge in [0.2, 0.25) is 0 Å². The van der Waals surface area contributed by atoms with E-state index in [0.29, 0.717) is 17.7 Å². The molecule has 1 atom stereocenters. The number of aliphatic carboxylic acids is 1. The number of nitrogens with one attached hydrogen (secondary N) is 1. The summed E-state index contributed by atoms with van der Waals surface area (Å²) in [5, 5.41) is 15.3. The molecule has 2 N–H and O–H groups in total. The van der Waals surface area contributed by atoms with Crippen molar-refractivity contribution in [1.29, 1.82) is 0 Å². The van der Waals surface area contributed by atoms with Gasteiger partial charge in [0.25, 0.3) is 5.91 Å². The van der Waals surface area contributed by atoms with Gasteiger partial charge < -0.3 is 10.4 Å². The summed E-state index contributed by atoms with van der Waals surface area (Å²) in [6.07, 6.45) is 5.25. The lowest BCUT2D eigenvalue weighted by Gasteiger charge is -2.12. The second-order valence-corrected chi connectivity index (χ2v) is 4.53. The van der Waals surface area contributed by atoms with Crippen LogP contribution in [0.15, 0.2) is 12.4 Å². The Bertz CT molecular complexity index is 405. The lowest BCUT2D eigenvalue weighted by Crippen LogP contribution is -2.41. The number of amides is 1. The molecule has 1 heterocycles. The molecule has 94 valence electrons. The first-order valence-corrected chi connectivity index (χ1v) is 6.45. The summed E-state index contributed by atoms with van der Waals surface area (Å²) in [6.45, 7) is 0. The van der Waals surface area contributed by atoms with Gasteiger partial charge in [0.05, 0.1) is 11.8 Å². The van der Waals surface area contributed by atoms with E-state index in [0.717, 1.165) is 0 Å². The Morgan fingerprint density at radius 1 is 1.65 bits per heavy atom. The summed E-state index contributed by atoms with van der Waals surface area (Å²) in [5.74, 6) is -0.743. The van der Waals surface area contributed by atoms with Crippen LogP contribution >= 0.6 is 11.8 Å². The Balaban J connectivity index is 2.60. The van der Waals surface area contributed by atoms with Crippen LogP contribution in [0.25, 0.3) is 0 Å². The van der Waals surface area contributed by atoms with Crippen molar-refractivity contribution in [3.63, 3.8) is 0 Å². The van der Waals surface area contributed by atoms with Gasteiger partial charge in [-0.1, -0.05) is 0 Å². The van der Waals surface area contributed by atoms with Crippen LogP contribution in [0, 0.1) is 0 Å². The summed E-state index contributed by atoms with van der Waals surface area (Å²) >= 11 is 1.54. The molecule has 0 saturated heterocycles. The minimum Gasteiger partial charge on any atom is -0.480 e. The number of carbonyl (C=O) groups is 2. The van der Waals surface area contributed by atoms with E-state index in [1.807, 2.05) is 6.26 Å². The molecule has 7 heteroatoms. The summed E-state index contributed by atoms with van der Waals surface area (Å²) in [6, 6.07) is -0.852. The Kier molecular flexibility index (Phi) is 5.02. The fourth-order valence-corrected chi connectivity index (χ4v) is 1.74. The molecule has 1 aromatic heterocycles. The fourth-order valence-electron chi connectivity index (χ4n) is 1.27. The van der Waals surface area contributed by atoms with Crippen LogP contribution in [0.5, 0.6) is 0 Å². The topological polar surface area (TPSA) is 84.2 Å². The van der Waals surface area contributed by atoms with Crippen molar-refractivity contribution in [3.8, 4) is 0 Å². The van der Waals surface area contributed by atoms with Crippen LogP contribution in [0.1, 0.15) is 16.8 Å². The lowest BCUT2D eigenvalue weighted by molar-refractivity contribution is -0.139. The number of hydrogen-bond donors (Lipinski definition) is 2. The first-order chi connectivity index (χ1) is 8.04. The largest absolute Gasteiger partial charge is 0.480 e. The summed E-state index contributed by atoms with van der Waals surface area (Å²) in [4.78, 5) is 22.6. The molecule has 0 bridgehead atoms. The molecule has 0 unspecified atom stereocenters. The summed E-state index contributed by atoms with van der Waals surface area (Å²) < 4.78 is 1.49. The van der Waals surface area contributed by atoms with Crippen LogP contribution in [-0.2, 0) is 11.8 Å². The van der Waals surface area contributed by atoms with Gasteiger partial charge in [-0.2, -0.15) is 16.9 Å². The molecule has 0 radical (unpaired) electrons. The molecule has 0 aliphatic heterocycles. The van der Waals surface area contributed by atoms with E-state index in [-0.39, 0.29) is 0 Å². The van der Waals surface area contributed by atoms with E-state index in [9.17, 15) is 9.59 Å². The average molecular weight is 257 g/mol. The van der Waals surface area contributed by atoms with Crippen LogP contribution in [0.3, 0.4) is 0 Å². The lowest BCUT2D eigenvalue weighted by atomic mass is 10.2. The van der Waals surface area contributed by atoms with E-state index < -0.39 is 17.9 Å². The maximum atomic E-state index is 11.7. The summed E-state index contributed by atoms with van der Waals surface area (Å²) in [7, 11) is 1.69. The van der Waals surface area contributed by atoms with Crippen LogP contribution in [-0.4, -0.2) is 44.8 Å². The zero-order chi connectivity index (χ0) is 12.8. The highest BCUT2D eigenvalue weighted by Crippen LogP contribution is 2.03.